The highest BCUT2D eigenvalue weighted by atomic mass is 32.2. The first-order chi connectivity index (χ1) is 13.7. The maximum Gasteiger partial charge on any atom is 0.237 e. The van der Waals surface area contributed by atoms with Gasteiger partial charge in [-0.25, -0.2) is 4.68 Å². The number of thioether (sulfide) groups is 1. The van der Waals surface area contributed by atoms with E-state index in [1.165, 1.54) is 11.8 Å². The lowest BCUT2D eigenvalue weighted by Crippen LogP contribution is -2.23. The van der Waals surface area contributed by atoms with Gasteiger partial charge in [0.2, 0.25) is 11.1 Å². The molecule has 6 nitrogen and oxygen atoms in total. The summed E-state index contributed by atoms with van der Waals surface area (Å²) in [6.45, 7) is 2.42. The molecule has 7 heteroatoms. The molecule has 28 heavy (non-hydrogen) atoms. The molecule has 0 spiro atoms. The monoisotopic (exact) mass is 389 g/mol. The molecule has 1 heterocycles. The van der Waals surface area contributed by atoms with E-state index in [-0.39, 0.29) is 11.2 Å². The Hall–Kier alpha value is -3.19. The summed E-state index contributed by atoms with van der Waals surface area (Å²) in [5.41, 5.74) is 1.91. The minimum Gasteiger partial charge on any atom is -0.325 e. The zero-order chi connectivity index (χ0) is 19.3. The van der Waals surface area contributed by atoms with Crippen molar-refractivity contribution in [1.82, 2.24) is 20.2 Å². The Labute approximate surface area is 167 Å². The Bertz CT molecular complexity index is 1090. The Balaban J connectivity index is 1.46. The third kappa shape index (κ3) is 4.04. The minimum absolute atomic E-state index is 0.0874. The zero-order valence-electron chi connectivity index (χ0n) is 15.3. The van der Waals surface area contributed by atoms with Crippen molar-refractivity contribution in [3.05, 3.63) is 78.4 Å². The van der Waals surface area contributed by atoms with Crippen molar-refractivity contribution in [2.75, 3.05) is 5.32 Å². The van der Waals surface area contributed by atoms with Crippen molar-refractivity contribution in [3.63, 3.8) is 0 Å². The number of hydrogen-bond acceptors (Lipinski definition) is 5. The van der Waals surface area contributed by atoms with Gasteiger partial charge in [-0.05, 0) is 34.4 Å². The maximum atomic E-state index is 12.7. The predicted octanol–water partition coefficient (Wildman–Crippen LogP) is 3.99. The molecule has 1 atom stereocenters. The van der Waals surface area contributed by atoms with Crippen molar-refractivity contribution >= 4 is 34.1 Å². The molecule has 0 saturated heterocycles. The van der Waals surface area contributed by atoms with Crippen LogP contribution in [-0.4, -0.2) is 31.4 Å². The SMILES string of the molecule is CC(Sc1nnnn1Cc1ccccc1)C(=O)Nc1cccc2ccccc12. The first kappa shape index (κ1) is 18.2. The van der Waals surface area contributed by atoms with Crippen LogP contribution >= 0.6 is 11.8 Å². The smallest absolute Gasteiger partial charge is 0.237 e. The second-order valence-electron chi connectivity index (χ2n) is 6.38. The Morgan fingerprint density at radius 1 is 1.04 bits per heavy atom. The average Bonchev–Trinajstić information content (AvgIpc) is 3.15. The van der Waals surface area contributed by atoms with Crippen molar-refractivity contribution in [2.45, 2.75) is 23.9 Å². The molecular weight excluding hydrogens is 370 g/mol. The summed E-state index contributed by atoms with van der Waals surface area (Å²) in [5, 5.41) is 17.3. The number of anilines is 1. The van der Waals surface area contributed by atoms with E-state index in [0.717, 1.165) is 22.0 Å². The van der Waals surface area contributed by atoms with E-state index in [1.54, 1.807) is 4.68 Å². The number of carbonyl (C=O) groups is 1. The van der Waals surface area contributed by atoms with E-state index in [9.17, 15) is 4.79 Å². The molecule has 0 bridgehead atoms. The highest BCUT2D eigenvalue weighted by Crippen LogP contribution is 2.26. The van der Waals surface area contributed by atoms with E-state index in [4.69, 9.17) is 0 Å². The molecule has 4 rings (SSSR count). The van der Waals surface area contributed by atoms with Crippen LogP contribution in [0.25, 0.3) is 10.8 Å². The number of fused-ring (bicyclic) bond motifs is 1. The fourth-order valence-electron chi connectivity index (χ4n) is 2.92. The normalized spacial score (nSPS) is 12.0. The van der Waals surface area contributed by atoms with Crippen LogP contribution in [-0.2, 0) is 11.3 Å². The third-order valence-electron chi connectivity index (χ3n) is 4.37. The maximum absolute atomic E-state index is 12.7. The zero-order valence-corrected chi connectivity index (χ0v) is 16.1. The largest absolute Gasteiger partial charge is 0.325 e. The van der Waals surface area contributed by atoms with Gasteiger partial charge in [-0.15, -0.1) is 5.10 Å². The van der Waals surface area contributed by atoms with Gasteiger partial charge in [0, 0.05) is 11.1 Å². The van der Waals surface area contributed by atoms with Gasteiger partial charge in [0.15, 0.2) is 0 Å². The fourth-order valence-corrected chi connectivity index (χ4v) is 3.71. The lowest BCUT2D eigenvalue weighted by atomic mass is 10.1. The molecular formula is C21H19N5OS. The number of carbonyl (C=O) groups excluding carboxylic acids is 1. The molecule has 1 aromatic heterocycles. The van der Waals surface area contributed by atoms with Crippen LogP contribution in [0.3, 0.4) is 0 Å². The molecule has 0 aliphatic heterocycles. The molecule has 1 unspecified atom stereocenters. The first-order valence-corrected chi connectivity index (χ1v) is 9.84. The lowest BCUT2D eigenvalue weighted by Gasteiger charge is -2.13. The average molecular weight is 389 g/mol. The summed E-state index contributed by atoms with van der Waals surface area (Å²) in [7, 11) is 0. The van der Waals surface area contributed by atoms with Gasteiger partial charge in [0.25, 0.3) is 0 Å². The number of aromatic nitrogens is 4. The Kier molecular flexibility index (Phi) is 5.34. The summed E-state index contributed by atoms with van der Waals surface area (Å²) in [5.74, 6) is -0.0874. The van der Waals surface area contributed by atoms with Crippen molar-refractivity contribution in [3.8, 4) is 0 Å². The van der Waals surface area contributed by atoms with Gasteiger partial charge in [0.1, 0.15) is 0 Å². The number of tetrazole rings is 1. The highest BCUT2D eigenvalue weighted by Gasteiger charge is 2.19. The second-order valence-corrected chi connectivity index (χ2v) is 7.69. The Morgan fingerprint density at radius 2 is 1.79 bits per heavy atom. The van der Waals surface area contributed by atoms with Crippen LogP contribution in [0.1, 0.15) is 12.5 Å². The lowest BCUT2D eigenvalue weighted by molar-refractivity contribution is -0.115. The third-order valence-corrected chi connectivity index (χ3v) is 5.44. The summed E-state index contributed by atoms with van der Waals surface area (Å²) in [6, 6.07) is 23.8. The molecule has 4 aromatic rings. The van der Waals surface area contributed by atoms with Crippen molar-refractivity contribution < 1.29 is 4.79 Å². The molecule has 1 N–H and O–H groups in total. The molecule has 0 radical (unpaired) electrons. The van der Waals surface area contributed by atoms with Crippen LogP contribution in [0.2, 0.25) is 0 Å². The van der Waals surface area contributed by atoms with Crippen LogP contribution in [0, 0.1) is 0 Å². The molecule has 1 amide bonds. The van der Waals surface area contributed by atoms with Crippen LogP contribution in [0.4, 0.5) is 5.69 Å². The van der Waals surface area contributed by atoms with Gasteiger partial charge in [-0.1, -0.05) is 78.5 Å². The van der Waals surface area contributed by atoms with E-state index in [0.29, 0.717) is 11.7 Å². The summed E-state index contributed by atoms with van der Waals surface area (Å²) in [4.78, 5) is 12.7. The van der Waals surface area contributed by atoms with Gasteiger partial charge in [-0.2, -0.15) is 0 Å². The Morgan fingerprint density at radius 3 is 2.64 bits per heavy atom. The van der Waals surface area contributed by atoms with Gasteiger partial charge in [0.05, 0.1) is 11.8 Å². The van der Waals surface area contributed by atoms with Crippen molar-refractivity contribution in [1.29, 1.82) is 0 Å². The summed E-state index contributed by atoms with van der Waals surface area (Å²) in [6.07, 6.45) is 0. The van der Waals surface area contributed by atoms with E-state index < -0.39 is 0 Å². The number of hydrogen-bond donors (Lipinski definition) is 1. The number of nitrogens with zero attached hydrogens (tertiary/aromatic N) is 4. The van der Waals surface area contributed by atoms with E-state index in [2.05, 4.69) is 20.8 Å². The molecule has 3 aromatic carbocycles. The quantitative estimate of drug-likeness (QED) is 0.505. The first-order valence-electron chi connectivity index (χ1n) is 8.96. The standard InChI is InChI=1S/C21H19N5OS/c1-15(20(27)22-19-13-7-11-17-10-5-6-12-18(17)19)28-21-23-24-25-26(21)14-16-8-3-2-4-9-16/h2-13,15H,14H2,1H3,(H,22,27). The van der Waals surface area contributed by atoms with E-state index >= 15 is 0 Å². The number of benzene rings is 3. The van der Waals surface area contributed by atoms with Gasteiger partial charge >= 0.3 is 0 Å². The second kappa shape index (κ2) is 8.22. The number of nitrogens with one attached hydrogen (secondary N) is 1. The van der Waals surface area contributed by atoms with Crippen LogP contribution < -0.4 is 5.32 Å². The molecule has 0 aliphatic carbocycles. The molecule has 0 fully saturated rings. The topological polar surface area (TPSA) is 72.7 Å². The number of amides is 1. The highest BCUT2D eigenvalue weighted by molar-refractivity contribution is 8.00. The van der Waals surface area contributed by atoms with Crippen LogP contribution in [0.15, 0.2) is 78.0 Å². The van der Waals surface area contributed by atoms with Gasteiger partial charge < -0.3 is 5.32 Å². The minimum atomic E-state index is -0.348. The van der Waals surface area contributed by atoms with Crippen LogP contribution in [0.5, 0.6) is 0 Å². The number of rotatable bonds is 6. The predicted molar refractivity (Wildman–Crippen MR) is 111 cm³/mol. The van der Waals surface area contributed by atoms with Gasteiger partial charge in [-0.3, -0.25) is 4.79 Å². The molecule has 0 aliphatic rings. The molecule has 0 saturated carbocycles. The fraction of sp³-hybridized carbons (Fsp3) is 0.143. The van der Waals surface area contributed by atoms with E-state index in [1.807, 2.05) is 79.7 Å². The summed E-state index contributed by atoms with van der Waals surface area (Å²) < 4.78 is 1.71. The van der Waals surface area contributed by atoms with Crippen molar-refractivity contribution in [2.24, 2.45) is 0 Å². The molecule has 140 valence electrons. The summed E-state index contributed by atoms with van der Waals surface area (Å²) >= 11 is 1.34.